The summed E-state index contributed by atoms with van der Waals surface area (Å²) < 4.78 is 1.89. The van der Waals surface area contributed by atoms with Gasteiger partial charge in [-0.25, -0.2) is 4.68 Å². The zero-order valence-corrected chi connectivity index (χ0v) is 21.4. The molecule has 0 saturated heterocycles. The van der Waals surface area contributed by atoms with E-state index in [0.717, 1.165) is 39.6 Å². The first-order chi connectivity index (χ1) is 18.6. The van der Waals surface area contributed by atoms with E-state index < -0.39 is 0 Å². The predicted molar refractivity (Wildman–Crippen MR) is 152 cm³/mol. The lowest BCUT2D eigenvalue weighted by atomic mass is 9.82. The fourth-order valence-electron chi connectivity index (χ4n) is 5.44. The second-order valence-corrected chi connectivity index (χ2v) is 9.51. The number of carbonyl (C=O) groups is 1. The topological polar surface area (TPSA) is 50.5 Å². The first-order valence-electron chi connectivity index (χ1n) is 12.8. The van der Waals surface area contributed by atoms with E-state index in [1.165, 1.54) is 0 Å². The Morgan fingerprint density at radius 1 is 0.711 bits per heavy atom. The number of aromatic nitrogens is 2. The predicted octanol–water partition coefficient (Wildman–Crippen LogP) is 7.13. The Morgan fingerprint density at radius 2 is 1.24 bits per heavy atom. The molecule has 1 aromatic heterocycles. The van der Waals surface area contributed by atoms with Crippen LogP contribution in [0.5, 0.6) is 0 Å². The van der Waals surface area contributed by atoms with Crippen LogP contribution in [0.1, 0.15) is 51.8 Å². The van der Waals surface area contributed by atoms with Crippen LogP contribution in [0.2, 0.25) is 0 Å². The van der Waals surface area contributed by atoms with Crippen LogP contribution in [0, 0.1) is 6.92 Å². The van der Waals surface area contributed by atoms with Crippen LogP contribution in [0.4, 0.5) is 5.69 Å². The minimum Gasteiger partial charge on any atom is -0.294 e. The van der Waals surface area contributed by atoms with Gasteiger partial charge in [0.25, 0.3) is 0 Å². The SMILES string of the molecule is CC(=O)c1c(C2C(c3ccccc3)C(c3ccccc3)=NN2c2ccccc2)nn(-c2ccccc2)c1C. The maximum atomic E-state index is 13.2. The molecule has 2 atom stereocenters. The second kappa shape index (κ2) is 9.94. The van der Waals surface area contributed by atoms with E-state index >= 15 is 0 Å². The van der Waals surface area contributed by atoms with Gasteiger partial charge in [0.2, 0.25) is 0 Å². The summed E-state index contributed by atoms with van der Waals surface area (Å²) >= 11 is 0. The van der Waals surface area contributed by atoms with Gasteiger partial charge < -0.3 is 0 Å². The summed E-state index contributed by atoms with van der Waals surface area (Å²) in [6.45, 7) is 3.60. The molecule has 0 N–H and O–H groups in total. The number of hydrogen-bond donors (Lipinski definition) is 0. The molecule has 5 aromatic rings. The van der Waals surface area contributed by atoms with Crippen molar-refractivity contribution in [2.24, 2.45) is 5.10 Å². The lowest BCUT2D eigenvalue weighted by Gasteiger charge is -2.28. The van der Waals surface area contributed by atoms with Crippen LogP contribution < -0.4 is 5.01 Å². The summed E-state index contributed by atoms with van der Waals surface area (Å²) in [7, 11) is 0. The molecule has 6 rings (SSSR count). The lowest BCUT2D eigenvalue weighted by molar-refractivity contribution is 0.101. The Bertz CT molecular complexity index is 1590. The molecule has 5 nitrogen and oxygen atoms in total. The van der Waals surface area contributed by atoms with Crippen molar-refractivity contribution in [3.05, 3.63) is 149 Å². The van der Waals surface area contributed by atoms with Crippen molar-refractivity contribution in [2.75, 3.05) is 5.01 Å². The Hall–Kier alpha value is -4.77. The van der Waals surface area contributed by atoms with Crippen LogP contribution >= 0.6 is 0 Å². The van der Waals surface area contributed by atoms with E-state index in [2.05, 4.69) is 48.5 Å². The minimum absolute atomic E-state index is 0.00679. The van der Waals surface area contributed by atoms with Gasteiger partial charge in [-0.2, -0.15) is 10.2 Å². The normalized spacial score (nSPS) is 16.9. The molecule has 1 aliphatic rings. The van der Waals surface area contributed by atoms with Gasteiger partial charge in [-0.3, -0.25) is 9.80 Å². The summed E-state index contributed by atoms with van der Waals surface area (Å²) in [6.07, 6.45) is 0. The van der Waals surface area contributed by atoms with E-state index in [-0.39, 0.29) is 17.7 Å². The lowest BCUT2D eigenvalue weighted by Crippen LogP contribution is -2.26. The van der Waals surface area contributed by atoms with Gasteiger partial charge in [0, 0.05) is 0 Å². The van der Waals surface area contributed by atoms with E-state index in [1.54, 1.807) is 6.92 Å². The molecule has 0 aliphatic carbocycles. The summed E-state index contributed by atoms with van der Waals surface area (Å²) in [4.78, 5) is 13.2. The molecule has 1 aliphatic heterocycles. The highest BCUT2D eigenvalue weighted by Gasteiger charge is 2.44. The number of nitrogens with zero attached hydrogens (tertiary/aromatic N) is 4. The van der Waals surface area contributed by atoms with Gasteiger partial charge in [0.05, 0.1) is 40.0 Å². The van der Waals surface area contributed by atoms with Gasteiger partial charge >= 0.3 is 0 Å². The Labute approximate surface area is 222 Å². The van der Waals surface area contributed by atoms with Gasteiger partial charge in [0.15, 0.2) is 5.78 Å². The van der Waals surface area contributed by atoms with Crippen molar-refractivity contribution in [1.82, 2.24) is 9.78 Å². The number of hydrazone groups is 1. The number of para-hydroxylation sites is 2. The minimum atomic E-state index is -0.322. The second-order valence-electron chi connectivity index (χ2n) is 9.51. The smallest absolute Gasteiger partial charge is 0.163 e. The third kappa shape index (κ3) is 4.12. The third-order valence-electron chi connectivity index (χ3n) is 7.11. The monoisotopic (exact) mass is 496 g/mol. The molecule has 0 fully saturated rings. The number of ketones is 1. The standard InChI is InChI=1S/C33H28N4O/c1-23-29(24(2)38)32(35-36(23)27-19-11-5-12-20-27)33-30(25-15-7-3-8-16-25)31(26-17-9-4-10-18-26)34-37(33)28-21-13-6-14-22-28/h3-22,30,33H,1-2H3. The van der Waals surface area contributed by atoms with Gasteiger partial charge in [-0.1, -0.05) is 97.1 Å². The van der Waals surface area contributed by atoms with Crippen LogP contribution in [-0.2, 0) is 0 Å². The molecule has 38 heavy (non-hydrogen) atoms. The number of hydrogen-bond acceptors (Lipinski definition) is 4. The molecule has 2 heterocycles. The number of Topliss-reactive ketones (excluding diaryl/α,β-unsaturated/α-hetero) is 1. The number of rotatable bonds is 6. The molecule has 0 spiro atoms. The Morgan fingerprint density at radius 3 is 1.82 bits per heavy atom. The zero-order valence-electron chi connectivity index (χ0n) is 21.4. The first kappa shape index (κ1) is 23.6. The maximum absolute atomic E-state index is 13.2. The fraction of sp³-hybridized carbons (Fsp3) is 0.121. The van der Waals surface area contributed by atoms with Gasteiger partial charge in [-0.05, 0) is 49.2 Å². The summed E-state index contributed by atoms with van der Waals surface area (Å²) in [5, 5.41) is 12.4. The van der Waals surface area contributed by atoms with Crippen molar-refractivity contribution in [3.63, 3.8) is 0 Å². The van der Waals surface area contributed by atoms with Crippen molar-refractivity contribution in [2.45, 2.75) is 25.8 Å². The highest BCUT2D eigenvalue weighted by atomic mass is 16.1. The molecule has 5 heteroatoms. The van der Waals surface area contributed by atoms with Crippen molar-refractivity contribution in [1.29, 1.82) is 0 Å². The average Bonchev–Trinajstić information content (AvgIpc) is 3.53. The molecule has 186 valence electrons. The van der Waals surface area contributed by atoms with Crippen LogP contribution in [0.25, 0.3) is 5.69 Å². The van der Waals surface area contributed by atoms with Crippen molar-refractivity contribution >= 4 is 17.2 Å². The highest BCUT2D eigenvalue weighted by Crippen LogP contribution is 2.47. The summed E-state index contributed by atoms with van der Waals surface area (Å²) in [5.74, 6) is -0.150. The van der Waals surface area contributed by atoms with Crippen molar-refractivity contribution < 1.29 is 4.79 Å². The van der Waals surface area contributed by atoms with Crippen LogP contribution in [-0.4, -0.2) is 21.3 Å². The molecule has 0 bridgehead atoms. The number of anilines is 1. The molecule has 2 unspecified atom stereocenters. The highest BCUT2D eigenvalue weighted by molar-refractivity contribution is 6.08. The molecule has 4 aromatic carbocycles. The molecular formula is C33H28N4O. The zero-order chi connectivity index (χ0) is 26.1. The van der Waals surface area contributed by atoms with E-state index in [9.17, 15) is 4.79 Å². The van der Waals surface area contributed by atoms with Gasteiger partial charge in [0.1, 0.15) is 6.04 Å². The molecule has 0 saturated carbocycles. The summed E-state index contributed by atoms with van der Waals surface area (Å²) in [5.41, 5.74) is 7.19. The Kier molecular flexibility index (Phi) is 6.18. The van der Waals surface area contributed by atoms with Gasteiger partial charge in [-0.15, -0.1) is 0 Å². The summed E-state index contributed by atoms with van der Waals surface area (Å²) in [6, 6.07) is 40.5. The van der Waals surface area contributed by atoms with E-state index in [1.807, 2.05) is 89.4 Å². The molecular weight excluding hydrogens is 468 g/mol. The average molecular weight is 497 g/mol. The number of carbonyl (C=O) groups excluding carboxylic acids is 1. The Balaban J connectivity index is 1.63. The molecule has 0 radical (unpaired) electrons. The van der Waals surface area contributed by atoms with Crippen molar-refractivity contribution in [3.8, 4) is 5.69 Å². The quantitative estimate of drug-likeness (QED) is 0.235. The van der Waals surface area contributed by atoms with Crippen LogP contribution in [0.15, 0.2) is 126 Å². The molecule has 0 amide bonds. The number of benzene rings is 4. The van der Waals surface area contributed by atoms with Crippen LogP contribution in [0.3, 0.4) is 0 Å². The van der Waals surface area contributed by atoms with E-state index in [0.29, 0.717) is 5.56 Å². The first-order valence-corrected chi connectivity index (χ1v) is 12.8. The maximum Gasteiger partial charge on any atom is 0.163 e. The largest absolute Gasteiger partial charge is 0.294 e. The van der Waals surface area contributed by atoms with E-state index in [4.69, 9.17) is 10.2 Å². The fourth-order valence-corrected chi connectivity index (χ4v) is 5.44. The third-order valence-corrected chi connectivity index (χ3v) is 7.11.